The summed E-state index contributed by atoms with van der Waals surface area (Å²) in [7, 11) is -3.51. The Kier molecular flexibility index (Phi) is 11.9. The van der Waals surface area contributed by atoms with Gasteiger partial charge in [-0.2, -0.15) is 0 Å². The summed E-state index contributed by atoms with van der Waals surface area (Å²) in [5.74, 6) is 0.433. The number of hydrogen-bond acceptors (Lipinski definition) is 7. The van der Waals surface area contributed by atoms with E-state index < -0.39 is 54.7 Å². The molecule has 0 saturated carbocycles. The molecule has 0 unspecified atom stereocenters. The van der Waals surface area contributed by atoms with Gasteiger partial charge >= 0.3 is 7.12 Å². The average Bonchev–Trinajstić information content (AvgIpc) is 3.89. The number of nitrogens with one attached hydrogen (secondary N) is 1. The molecular weight excluding hydrogens is 749 g/mol. The molecule has 1 fully saturated rings. The van der Waals surface area contributed by atoms with Crippen molar-refractivity contribution in [2.75, 3.05) is 14.2 Å². The normalized spacial score (nSPS) is 17.1. The summed E-state index contributed by atoms with van der Waals surface area (Å²) in [6.07, 6.45) is -0.118. The predicted molar refractivity (Wildman–Crippen MR) is 228 cm³/mol. The van der Waals surface area contributed by atoms with Gasteiger partial charge in [-0.15, -0.1) is 0 Å². The number of benzene rings is 5. The molecule has 0 bridgehead atoms. The Balaban J connectivity index is 1.43. The third kappa shape index (κ3) is 7.98. The van der Waals surface area contributed by atoms with E-state index >= 15 is 0 Å². The quantitative estimate of drug-likeness (QED) is 0.104. The molecule has 0 spiro atoms. The fourth-order valence-electron chi connectivity index (χ4n) is 8.22. The van der Waals surface area contributed by atoms with Crippen LogP contribution in [0.1, 0.15) is 39.6 Å². The van der Waals surface area contributed by atoms with Crippen LogP contribution in [0, 0.1) is 6.92 Å². The van der Waals surface area contributed by atoms with Gasteiger partial charge in [0.05, 0.1) is 17.2 Å². The van der Waals surface area contributed by atoms with Crippen LogP contribution >= 0.6 is 0 Å². The van der Waals surface area contributed by atoms with E-state index in [-0.39, 0.29) is 4.90 Å². The van der Waals surface area contributed by atoms with Gasteiger partial charge in [-0.3, -0.25) is 0 Å². The smallest absolute Gasteiger partial charge is 0.468 e. The minimum atomic E-state index is -3.94. The van der Waals surface area contributed by atoms with Crippen LogP contribution in [0.3, 0.4) is 0 Å². The summed E-state index contributed by atoms with van der Waals surface area (Å²) in [4.78, 5) is 0.182. The van der Waals surface area contributed by atoms with Crippen molar-refractivity contribution in [2.24, 2.45) is 0 Å². The van der Waals surface area contributed by atoms with Gasteiger partial charge in [0.1, 0.15) is 29.2 Å². The van der Waals surface area contributed by atoms with Gasteiger partial charge in [-0.1, -0.05) is 159 Å². The molecular formula is C46H50BNO7SSi. The number of hydrogen-bond donors (Lipinski definition) is 1. The van der Waals surface area contributed by atoms with Crippen molar-refractivity contribution < 1.29 is 31.6 Å². The minimum absolute atomic E-state index is 0.182. The first-order valence-electron chi connectivity index (χ1n) is 19.2. The van der Waals surface area contributed by atoms with Gasteiger partial charge in [0.15, 0.2) is 0 Å². The lowest BCUT2D eigenvalue weighted by atomic mass is 9.71. The van der Waals surface area contributed by atoms with Crippen molar-refractivity contribution in [3.8, 4) is 0 Å². The van der Waals surface area contributed by atoms with Crippen LogP contribution in [0.5, 0.6) is 0 Å². The Morgan fingerprint density at radius 3 is 1.42 bits per heavy atom. The van der Waals surface area contributed by atoms with Crippen LogP contribution in [0.2, 0.25) is 25.7 Å². The maximum absolute atomic E-state index is 14.0. The Hall–Kier alpha value is -4.59. The van der Waals surface area contributed by atoms with E-state index in [1.807, 2.05) is 134 Å². The molecule has 0 amide bonds. The Morgan fingerprint density at radius 2 is 1.05 bits per heavy atom. The summed E-state index contributed by atoms with van der Waals surface area (Å²) < 4.78 is 65.6. The molecule has 0 radical (unpaired) electrons. The summed E-state index contributed by atoms with van der Waals surface area (Å²) in [5.41, 5.74) is 2.55. The maximum Gasteiger partial charge on any atom is 0.498 e. The van der Waals surface area contributed by atoms with Gasteiger partial charge in [-0.05, 0) is 53.4 Å². The first kappa shape index (κ1) is 40.6. The highest BCUT2D eigenvalue weighted by atomic mass is 32.2. The largest absolute Gasteiger partial charge is 0.498 e. The van der Waals surface area contributed by atoms with Crippen LogP contribution < -0.4 is 10.2 Å². The van der Waals surface area contributed by atoms with Crippen LogP contribution in [-0.2, 0) is 40.0 Å². The molecule has 3 atom stereocenters. The lowest BCUT2D eigenvalue weighted by Gasteiger charge is -2.46. The first-order chi connectivity index (χ1) is 27.4. The number of aryl methyl sites for hydroxylation is 1. The number of methoxy groups -OCH3 is 2. The summed E-state index contributed by atoms with van der Waals surface area (Å²) in [6, 6.07) is 48.6. The van der Waals surface area contributed by atoms with E-state index in [0.717, 1.165) is 27.8 Å². The summed E-state index contributed by atoms with van der Waals surface area (Å²) in [5, 5.41) is 0. The number of ether oxygens (including phenoxy) is 2. The van der Waals surface area contributed by atoms with Crippen molar-refractivity contribution in [1.29, 1.82) is 0 Å². The number of furan rings is 1. The summed E-state index contributed by atoms with van der Waals surface area (Å²) >= 11 is 0. The van der Waals surface area contributed by atoms with E-state index in [1.165, 1.54) is 0 Å². The van der Waals surface area contributed by atoms with E-state index in [9.17, 15) is 8.42 Å². The number of sulfonamides is 1. The van der Waals surface area contributed by atoms with E-state index in [2.05, 4.69) is 24.4 Å². The first-order valence-corrected chi connectivity index (χ1v) is 24.4. The monoisotopic (exact) mass is 799 g/mol. The maximum atomic E-state index is 14.0. The average molecular weight is 800 g/mol. The molecule has 8 nitrogen and oxygen atoms in total. The van der Waals surface area contributed by atoms with Gasteiger partial charge in [0, 0.05) is 27.8 Å². The molecule has 1 aliphatic rings. The Morgan fingerprint density at radius 1 is 0.649 bits per heavy atom. The topological polar surface area (TPSA) is 96.2 Å². The van der Waals surface area contributed by atoms with E-state index in [1.54, 1.807) is 44.7 Å². The molecule has 11 heteroatoms. The molecule has 2 heterocycles. The Bertz CT molecular complexity index is 2140. The van der Waals surface area contributed by atoms with Crippen LogP contribution in [0.15, 0.2) is 167 Å². The zero-order valence-corrected chi connectivity index (χ0v) is 35.1. The molecule has 0 aliphatic carbocycles. The second-order valence-electron chi connectivity index (χ2n) is 15.8. The number of rotatable bonds is 15. The second-order valence-corrected chi connectivity index (χ2v) is 23.0. The molecule has 57 heavy (non-hydrogen) atoms. The fourth-order valence-corrected chi connectivity index (χ4v) is 11.1. The van der Waals surface area contributed by atoms with Crippen LogP contribution in [0.25, 0.3) is 0 Å². The predicted octanol–water partition coefficient (Wildman–Crippen LogP) is 8.61. The minimum Gasteiger partial charge on any atom is -0.468 e. The highest BCUT2D eigenvalue weighted by Gasteiger charge is 2.62. The van der Waals surface area contributed by atoms with Crippen LogP contribution in [-0.4, -0.2) is 50.0 Å². The molecule has 5 aromatic carbocycles. The SMILES string of the molecule is COC(c1ccccc1)(c1ccccc1)[C@@H]1OB(c2ccoc2[C@@H](C[Si](C)(C)C)NS(=O)(=O)c2ccc(C)cc2)O[C@H]1C(OC)(c1ccccc1)c1ccccc1. The molecule has 6 aromatic rings. The molecule has 294 valence electrons. The lowest BCUT2D eigenvalue weighted by Crippen LogP contribution is -2.56. The van der Waals surface area contributed by atoms with Crippen molar-refractivity contribution in [3.05, 3.63) is 191 Å². The molecule has 1 aliphatic heterocycles. The van der Waals surface area contributed by atoms with Gasteiger partial charge in [0.25, 0.3) is 0 Å². The highest BCUT2D eigenvalue weighted by molar-refractivity contribution is 7.89. The molecule has 1 N–H and O–H groups in total. The third-order valence-electron chi connectivity index (χ3n) is 10.8. The zero-order chi connectivity index (χ0) is 40.3. The van der Waals surface area contributed by atoms with E-state index in [4.69, 9.17) is 23.2 Å². The van der Waals surface area contributed by atoms with Gasteiger partial charge in [0.2, 0.25) is 10.0 Å². The third-order valence-corrected chi connectivity index (χ3v) is 13.9. The zero-order valence-electron chi connectivity index (χ0n) is 33.3. The lowest BCUT2D eigenvalue weighted by molar-refractivity contribution is -0.136. The van der Waals surface area contributed by atoms with Crippen molar-refractivity contribution >= 4 is 30.7 Å². The molecule has 1 aromatic heterocycles. The van der Waals surface area contributed by atoms with Gasteiger partial charge < -0.3 is 23.2 Å². The highest BCUT2D eigenvalue weighted by Crippen LogP contribution is 2.50. The second kappa shape index (κ2) is 16.7. The molecule has 1 saturated heterocycles. The van der Waals surface area contributed by atoms with Crippen LogP contribution in [0.4, 0.5) is 0 Å². The van der Waals surface area contributed by atoms with Crippen molar-refractivity contribution in [1.82, 2.24) is 4.72 Å². The van der Waals surface area contributed by atoms with Crippen molar-refractivity contribution in [3.63, 3.8) is 0 Å². The summed E-state index contributed by atoms with van der Waals surface area (Å²) in [6.45, 7) is 8.54. The van der Waals surface area contributed by atoms with E-state index in [0.29, 0.717) is 17.3 Å². The van der Waals surface area contributed by atoms with Crippen molar-refractivity contribution in [2.45, 2.75) is 67.0 Å². The molecule has 7 rings (SSSR count). The fraction of sp³-hybridized carbons (Fsp3) is 0.261. The standard InChI is InChI=1S/C46H50BNO7SSi/c1-34-27-29-39(30-28-34)56(49,50)48-41(33-57(4,5)6)42-40(31-32-53-42)47-54-43(45(51-2,35-19-11-7-12-20-35)36-21-13-8-14-22-36)44(55-47)46(52-3,37-23-15-9-16-24-37)38-25-17-10-18-26-38/h7-32,41,43-44,48H,33H2,1-6H3/t41-,43-,44-/m1/s1. The Labute approximate surface area is 338 Å². The van der Waals surface area contributed by atoms with Gasteiger partial charge in [-0.25, -0.2) is 13.1 Å².